The van der Waals surface area contributed by atoms with Crippen molar-refractivity contribution in [2.75, 3.05) is 25.4 Å². The first-order valence-electron chi connectivity index (χ1n) is 13.4. The van der Waals surface area contributed by atoms with Crippen molar-refractivity contribution < 1.29 is 18.0 Å². The van der Waals surface area contributed by atoms with Crippen LogP contribution in [0.25, 0.3) is 28.2 Å². The number of nitrogens with one attached hydrogen (secondary N) is 2. The molecule has 1 aliphatic heterocycles. The first-order chi connectivity index (χ1) is 20.1. The van der Waals surface area contributed by atoms with Gasteiger partial charge in [0.15, 0.2) is 11.6 Å². The minimum Gasteiger partial charge on any atom is -0.489 e. The first-order valence-corrected chi connectivity index (χ1v) is 11.9. The third kappa shape index (κ3) is 4.49. The summed E-state index contributed by atoms with van der Waals surface area (Å²) in [5.41, 5.74) is 14.8. The monoisotopic (exact) mass is 528 g/mol. The molecule has 0 atom stereocenters. The second kappa shape index (κ2) is 10.4. The van der Waals surface area contributed by atoms with Gasteiger partial charge in [-0.15, -0.1) is 0 Å². The molecule has 3 aromatic rings. The van der Waals surface area contributed by atoms with E-state index >= 15 is 4.39 Å². The van der Waals surface area contributed by atoms with E-state index in [-0.39, 0.29) is 75.7 Å². The number of hydrogen-bond donors (Lipinski definition) is 4. The number of aromatic nitrogens is 3. The maximum absolute atomic E-state index is 16.2. The van der Waals surface area contributed by atoms with Crippen molar-refractivity contribution in [2.24, 2.45) is 23.6 Å². The first kappa shape index (κ1) is 22.0. The molecule has 5 rings (SSSR count). The number of halogens is 1. The van der Waals surface area contributed by atoms with Crippen LogP contribution >= 0.6 is 0 Å². The predicted molar refractivity (Wildman–Crippen MR) is 144 cm³/mol. The molecular formula is C27H24FN9O2. The molecule has 0 unspecified atom stereocenters. The van der Waals surface area contributed by atoms with E-state index in [0.29, 0.717) is 11.3 Å². The van der Waals surface area contributed by atoms with Crippen molar-refractivity contribution in [1.82, 2.24) is 20.2 Å². The molecule has 196 valence electrons. The maximum Gasteiger partial charge on any atom is 0.152 e. The Morgan fingerprint density at radius 1 is 1.33 bits per heavy atom. The van der Waals surface area contributed by atoms with E-state index < -0.39 is 12.8 Å². The molecule has 1 aliphatic carbocycles. The van der Waals surface area contributed by atoms with Crippen LogP contribution in [-0.2, 0) is 11.8 Å². The third-order valence-corrected chi connectivity index (χ3v) is 6.23. The Morgan fingerprint density at radius 2 is 2.15 bits per heavy atom. The SMILES string of the molecule is [2H]C([2H])([2H])Nc1nc(-c2cnn(C)c2-c2c(F)c(C#CCN)cc(OC3CC3)c2C#N)cc2c1C(=C=O)NN=C2CN. The normalized spacial score (nSPS) is 15.2. The number of nitrogens with two attached hydrogens (primary N) is 2. The second-order valence-corrected chi connectivity index (χ2v) is 8.71. The van der Waals surface area contributed by atoms with Gasteiger partial charge in [0.25, 0.3) is 0 Å². The van der Waals surface area contributed by atoms with E-state index in [0.717, 1.165) is 12.8 Å². The lowest BCUT2D eigenvalue weighted by molar-refractivity contribution is 0.302. The highest BCUT2D eigenvalue weighted by Gasteiger charge is 2.31. The van der Waals surface area contributed by atoms with Gasteiger partial charge in [0.2, 0.25) is 0 Å². The number of hydrazone groups is 1. The molecule has 0 radical (unpaired) electrons. The van der Waals surface area contributed by atoms with E-state index in [1.165, 1.54) is 23.0 Å². The summed E-state index contributed by atoms with van der Waals surface area (Å²) in [4.78, 5) is 16.2. The highest BCUT2D eigenvalue weighted by molar-refractivity contribution is 6.12. The largest absolute Gasteiger partial charge is 0.489 e. The van der Waals surface area contributed by atoms with Gasteiger partial charge in [0.05, 0.1) is 52.6 Å². The molecule has 11 nitrogen and oxygen atoms in total. The van der Waals surface area contributed by atoms with Crippen LogP contribution < -0.4 is 26.9 Å². The van der Waals surface area contributed by atoms with Gasteiger partial charge in [0.1, 0.15) is 29.0 Å². The average molecular weight is 529 g/mol. The fourth-order valence-corrected chi connectivity index (χ4v) is 4.31. The van der Waals surface area contributed by atoms with E-state index in [9.17, 15) is 10.1 Å². The number of fused-ring (bicyclic) bond motifs is 1. The van der Waals surface area contributed by atoms with Crippen LogP contribution in [0.2, 0.25) is 0 Å². The van der Waals surface area contributed by atoms with E-state index in [1.54, 1.807) is 13.0 Å². The highest BCUT2D eigenvalue weighted by atomic mass is 19.1. The van der Waals surface area contributed by atoms with Gasteiger partial charge in [-0.1, -0.05) is 11.8 Å². The number of benzene rings is 1. The summed E-state index contributed by atoms with van der Waals surface area (Å²) in [7, 11) is 1.56. The maximum atomic E-state index is 16.2. The minimum absolute atomic E-state index is 0.0139. The minimum atomic E-state index is -2.70. The van der Waals surface area contributed by atoms with Gasteiger partial charge in [-0.05, 0) is 18.9 Å². The molecule has 12 heteroatoms. The summed E-state index contributed by atoms with van der Waals surface area (Å²) in [5, 5.41) is 20.9. The zero-order chi connectivity index (χ0) is 30.2. The summed E-state index contributed by atoms with van der Waals surface area (Å²) in [5.74, 6) is 6.23. The second-order valence-electron chi connectivity index (χ2n) is 8.71. The van der Waals surface area contributed by atoms with Crippen molar-refractivity contribution in [2.45, 2.75) is 18.9 Å². The molecule has 0 saturated heterocycles. The Morgan fingerprint density at radius 3 is 2.82 bits per heavy atom. The Kier molecular flexibility index (Phi) is 5.87. The van der Waals surface area contributed by atoms with Crippen LogP contribution in [0.15, 0.2) is 23.4 Å². The van der Waals surface area contributed by atoms with Crippen molar-refractivity contribution in [3.63, 3.8) is 0 Å². The van der Waals surface area contributed by atoms with Crippen LogP contribution in [0, 0.1) is 29.0 Å². The van der Waals surface area contributed by atoms with E-state index in [2.05, 4.69) is 43.8 Å². The molecule has 0 amide bonds. The van der Waals surface area contributed by atoms with Gasteiger partial charge in [-0.3, -0.25) is 10.1 Å². The van der Waals surface area contributed by atoms with Gasteiger partial charge in [-0.25, -0.2) is 14.2 Å². The van der Waals surface area contributed by atoms with E-state index in [4.69, 9.17) is 20.3 Å². The van der Waals surface area contributed by atoms with Gasteiger partial charge < -0.3 is 21.5 Å². The zero-order valence-electron chi connectivity index (χ0n) is 23.7. The zero-order valence-corrected chi connectivity index (χ0v) is 20.7. The number of aryl methyl sites for hydroxylation is 1. The number of rotatable bonds is 6. The van der Waals surface area contributed by atoms with Crippen LogP contribution in [-0.4, -0.2) is 52.6 Å². The molecule has 2 aliphatic rings. The lowest BCUT2D eigenvalue weighted by Crippen LogP contribution is -2.27. The summed E-state index contributed by atoms with van der Waals surface area (Å²) < 4.78 is 46.8. The number of hydrogen-bond acceptors (Lipinski definition) is 10. The Labute approximate surface area is 227 Å². The van der Waals surface area contributed by atoms with E-state index in [1.807, 2.05) is 0 Å². The smallest absolute Gasteiger partial charge is 0.152 e. The topological polar surface area (TPSA) is 169 Å². The van der Waals surface area contributed by atoms with Crippen molar-refractivity contribution in [1.29, 1.82) is 5.26 Å². The summed E-state index contributed by atoms with van der Waals surface area (Å²) in [6, 6.07) is 4.98. The summed E-state index contributed by atoms with van der Waals surface area (Å²) >= 11 is 0. The number of carbonyl (C=O) groups excluding carboxylic acids is 1. The van der Waals surface area contributed by atoms with Crippen molar-refractivity contribution >= 4 is 23.2 Å². The molecule has 0 bridgehead atoms. The average Bonchev–Trinajstić information content (AvgIpc) is 3.69. The number of nitriles is 1. The Bertz CT molecular complexity index is 1790. The fourth-order valence-electron chi connectivity index (χ4n) is 4.31. The molecular weight excluding hydrogens is 501 g/mol. The van der Waals surface area contributed by atoms with Crippen molar-refractivity contribution in [3.05, 3.63) is 46.4 Å². The van der Waals surface area contributed by atoms with Crippen LogP contribution in [0.3, 0.4) is 0 Å². The highest BCUT2D eigenvalue weighted by Crippen LogP contribution is 2.42. The Hall–Kier alpha value is -5.00. The number of nitrogens with zero attached hydrogens (tertiary/aromatic N) is 5. The Balaban J connectivity index is 1.81. The van der Waals surface area contributed by atoms with Crippen LogP contribution in [0.1, 0.15) is 39.2 Å². The molecule has 1 saturated carbocycles. The molecule has 2 aromatic heterocycles. The number of anilines is 1. The quantitative estimate of drug-likeness (QED) is 0.273. The molecule has 39 heavy (non-hydrogen) atoms. The lowest BCUT2D eigenvalue weighted by atomic mass is 9.94. The molecule has 1 fully saturated rings. The van der Waals surface area contributed by atoms with Crippen LogP contribution in [0.4, 0.5) is 10.2 Å². The molecule has 0 spiro atoms. The predicted octanol–water partition coefficient (Wildman–Crippen LogP) is 1.49. The summed E-state index contributed by atoms with van der Waals surface area (Å²) in [6.45, 7) is -2.78. The van der Waals surface area contributed by atoms with Gasteiger partial charge in [0, 0.05) is 41.9 Å². The molecule has 1 aromatic carbocycles. The number of pyridine rings is 1. The summed E-state index contributed by atoms with van der Waals surface area (Å²) in [6.07, 6.45) is 2.90. The van der Waals surface area contributed by atoms with Crippen LogP contribution in [0.5, 0.6) is 5.75 Å². The third-order valence-electron chi connectivity index (χ3n) is 6.23. The molecule has 3 heterocycles. The molecule has 6 N–H and O–H groups in total. The fraction of sp³-hybridized carbons (Fsp3) is 0.259. The standard InChI is InChI=1S/C27H24FN9O2/c1-32-27-23-16(20(11-31)35-36-21(23)13-38)9-19(34-27)18-12-33-37(2)26(18)24-17(10-30)22(39-15-5-6-15)8-14(25(24)28)4-3-7-29/h8-9,12,15,36H,5-7,11,29,31H2,1-2H3,(H,32,34)/i1D3. The lowest BCUT2D eigenvalue weighted by Gasteiger charge is -2.21. The van der Waals surface area contributed by atoms with Gasteiger partial charge in [-0.2, -0.15) is 15.5 Å². The van der Waals surface area contributed by atoms with Crippen molar-refractivity contribution in [3.8, 4) is 46.2 Å². The number of ether oxygens (including phenoxy) is 1. The van der Waals surface area contributed by atoms with Gasteiger partial charge >= 0.3 is 0 Å².